The third kappa shape index (κ3) is 3.75. The predicted molar refractivity (Wildman–Crippen MR) is 94.9 cm³/mol. The second-order valence-corrected chi connectivity index (χ2v) is 6.92. The summed E-state index contributed by atoms with van der Waals surface area (Å²) in [7, 11) is 0. The van der Waals surface area contributed by atoms with Crippen LogP contribution in [0.5, 0.6) is 0 Å². The quantitative estimate of drug-likeness (QED) is 0.763. The van der Waals surface area contributed by atoms with Gasteiger partial charge in [-0.3, -0.25) is 4.79 Å². The van der Waals surface area contributed by atoms with Gasteiger partial charge < -0.3 is 5.32 Å². The van der Waals surface area contributed by atoms with Crippen LogP contribution in [0.1, 0.15) is 18.2 Å². The van der Waals surface area contributed by atoms with E-state index < -0.39 is 0 Å². The maximum Gasteiger partial charge on any atom is 0.223 e. The molecule has 2 aromatic heterocycles. The molecule has 0 saturated heterocycles. The number of rotatable bonds is 4. The summed E-state index contributed by atoms with van der Waals surface area (Å²) in [5.41, 5.74) is 3.76. The van der Waals surface area contributed by atoms with Gasteiger partial charge in [-0.1, -0.05) is 23.5 Å². The number of hydrogen-bond acceptors (Lipinski definition) is 5. The van der Waals surface area contributed by atoms with Crippen molar-refractivity contribution < 1.29 is 4.79 Å². The molecule has 3 rings (SSSR count). The Balaban J connectivity index is 1.81. The van der Waals surface area contributed by atoms with E-state index in [0.717, 1.165) is 22.0 Å². The monoisotopic (exact) mass is 343 g/mol. The number of carbonyl (C=O) groups is 1. The van der Waals surface area contributed by atoms with Gasteiger partial charge >= 0.3 is 0 Å². The van der Waals surface area contributed by atoms with Crippen molar-refractivity contribution in [2.75, 3.05) is 5.32 Å². The number of nitrogens with one attached hydrogen (secondary N) is 1. The lowest BCUT2D eigenvalue weighted by molar-refractivity contribution is -0.114. The average molecular weight is 343 g/mol. The smallest absolute Gasteiger partial charge is 0.223 e. The van der Waals surface area contributed by atoms with E-state index in [-0.39, 0.29) is 5.91 Å². The molecule has 1 radical (unpaired) electrons. The van der Waals surface area contributed by atoms with Crippen molar-refractivity contribution in [3.63, 3.8) is 0 Å². The lowest BCUT2D eigenvalue weighted by atomic mass is 10.2. The van der Waals surface area contributed by atoms with Crippen LogP contribution in [-0.2, 0) is 4.79 Å². The number of carbonyl (C=O) groups excluding carboxylic acids is 1. The lowest BCUT2D eigenvalue weighted by Gasteiger charge is -1.99. The molecule has 117 valence electrons. The normalized spacial score (nSPS) is 10.6. The molecule has 1 amide bonds. The summed E-state index contributed by atoms with van der Waals surface area (Å²) in [6.07, 6.45) is 0. The van der Waals surface area contributed by atoms with Gasteiger partial charge in [0.25, 0.3) is 0 Å². The van der Waals surface area contributed by atoms with E-state index in [4.69, 9.17) is 0 Å². The zero-order valence-electron chi connectivity index (χ0n) is 13.0. The third-order valence-electron chi connectivity index (χ3n) is 3.03. The molecule has 1 N–H and O–H groups in total. The van der Waals surface area contributed by atoms with Crippen LogP contribution < -0.4 is 10.6 Å². The SMILES string of the molecule is CC(=O)Nc1nc(C)c(-c2csc([N]c3cccc(C)c3)n2)s1. The Morgan fingerprint density at radius 3 is 2.83 bits per heavy atom. The van der Waals surface area contributed by atoms with E-state index in [9.17, 15) is 4.79 Å². The number of aryl methyl sites for hydroxylation is 2. The number of hydrogen-bond donors (Lipinski definition) is 1. The fourth-order valence-electron chi connectivity index (χ4n) is 2.07. The summed E-state index contributed by atoms with van der Waals surface area (Å²) in [5, 5.41) is 10.5. The minimum absolute atomic E-state index is 0.126. The van der Waals surface area contributed by atoms with Crippen molar-refractivity contribution in [3.8, 4) is 10.6 Å². The summed E-state index contributed by atoms with van der Waals surface area (Å²) in [6.45, 7) is 5.42. The van der Waals surface area contributed by atoms with Gasteiger partial charge in [-0.05, 0) is 31.5 Å². The Morgan fingerprint density at radius 2 is 2.09 bits per heavy atom. The largest absolute Gasteiger partial charge is 0.302 e. The average Bonchev–Trinajstić information content (AvgIpc) is 3.05. The van der Waals surface area contributed by atoms with Gasteiger partial charge in [-0.15, -0.1) is 11.3 Å². The van der Waals surface area contributed by atoms with E-state index >= 15 is 0 Å². The first-order valence-electron chi connectivity index (χ1n) is 7.00. The van der Waals surface area contributed by atoms with Crippen LogP contribution in [0, 0.1) is 13.8 Å². The Morgan fingerprint density at radius 1 is 1.26 bits per heavy atom. The van der Waals surface area contributed by atoms with Gasteiger partial charge in [0.2, 0.25) is 11.0 Å². The zero-order chi connectivity index (χ0) is 16.4. The van der Waals surface area contributed by atoms with E-state index in [1.165, 1.54) is 35.2 Å². The fourth-order valence-corrected chi connectivity index (χ4v) is 3.81. The molecule has 3 aromatic rings. The number of anilines is 1. The van der Waals surface area contributed by atoms with Crippen molar-refractivity contribution in [3.05, 3.63) is 40.9 Å². The number of nitrogens with zero attached hydrogens (tertiary/aromatic N) is 3. The number of benzene rings is 1. The van der Waals surface area contributed by atoms with Gasteiger partial charge in [-0.2, -0.15) is 0 Å². The summed E-state index contributed by atoms with van der Waals surface area (Å²) in [4.78, 5) is 21.0. The molecule has 23 heavy (non-hydrogen) atoms. The first-order valence-corrected chi connectivity index (χ1v) is 8.70. The molecule has 0 aliphatic rings. The molecule has 1 aromatic carbocycles. The van der Waals surface area contributed by atoms with E-state index in [1.54, 1.807) is 0 Å². The van der Waals surface area contributed by atoms with Crippen molar-refractivity contribution in [2.45, 2.75) is 20.8 Å². The summed E-state index contributed by atoms with van der Waals surface area (Å²) < 4.78 is 0. The molecule has 0 bridgehead atoms. The highest BCUT2D eigenvalue weighted by Crippen LogP contribution is 2.35. The highest BCUT2D eigenvalue weighted by molar-refractivity contribution is 7.19. The van der Waals surface area contributed by atoms with Crippen LogP contribution in [0.25, 0.3) is 10.6 Å². The van der Waals surface area contributed by atoms with Gasteiger partial charge in [0.05, 0.1) is 22.0 Å². The minimum Gasteiger partial charge on any atom is -0.302 e. The first-order chi connectivity index (χ1) is 11.0. The van der Waals surface area contributed by atoms with Crippen molar-refractivity contribution in [1.29, 1.82) is 0 Å². The van der Waals surface area contributed by atoms with Crippen LogP contribution >= 0.6 is 22.7 Å². The molecule has 0 atom stereocenters. The van der Waals surface area contributed by atoms with Crippen molar-refractivity contribution in [1.82, 2.24) is 15.3 Å². The highest BCUT2D eigenvalue weighted by Gasteiger charge is 2.14. The van der Waals surface area contributed by atoms with Gasteiger partial charge in [0.1, 0.15) is 0 Å². The van der Waals surface area contributed by atoms with Crippen LogP contribution in [0.4, 0.5) is 16.0 Å². The summed E-state index contributed by atoms with van der Waals surface area (Å²) >= 11 is 2.91. The number of aromatic nitrogens is 2. The van der Waals surface area contributed by atoms with Crippen LogP contribution in [0.3, 0.4) is 0 Å². The number of thiazole rings is 2. The van der Waals surface area contributed by atoms with Crippen LogP contribution in [0.2, 0.25) is 0 Å². The maximum atomic E-state index is 11.1. The second kappa shape index (κ2) is 6.47. The van der Waals surface area contributed by atoms with Gasteiger partial charge in [0.15, 0.2) is 5.13 Å². The first kappa shape index (κ1) is 15.6. The summed E-state index contributed by atoms with van der Waals surface area (Å²) in [6, 6.07) is 8.00. The highest BCUT2D eigenvalue weighted by atomic mass is 32.1. The molecule has 2 heterocycles. The van der Waals surface area contributed by atoms with Crippen LogP contribution in [0.15, 0.2) is 29.6 Å². The molecule has 0 unspecified atom stereocenters. The second-order valence-electron chi connectivity index (χ2n) is 5.08. The van der Waals surface area contributed by atoms with E-state index in [2.05, 4.69) is 20.6 Å². The minimum atomic E-state index is -0.126. The van der Waals surface area contributed by atoms with Gasteiger partial charge in [0, 0.05) is 12.3 Å². The fraction of sp³-hybridized carbons (Fsp3) is 0.188. The number of amides is 1. The van der Waals surface area contributed by atoms with E-state index in [1.807, 2.05) is 43.5 Å². The van der Waals surface area contributed by atoms with Crippen molar-refractivity contribution in [2.24, 2.45) is 0 Å². The standard InChI is InChI=1S/C16H15N4OS2/c1-9-5-4-6-12(7-9)19-15-20-13(8-22-15)14-10(2)17-16(23-14)18-11(3)21/h4-8H,1-3H3,(H,17,18,21). The molecule has 7 heteroatoms. The molecular weight excluding hydrogens is 328 g/mol. The zero-order valence-corrected chi connectivity index (χ0v) is 14.6. The molecule has 0 fully saturated rings. The van der Waals surface area contributed by atoms with Crippen LogP contribution in [-0.4, -0.2) is 15.9 Å². The molecule has 0 spiro atoms. The Labute approximate surface area is 142 Å². The Kier molecular flexibility index (Phi) is 4.40. The third-order valence-corrected chi connectivity index (χ3v) is 4.86. The van der Waals surface area contributed by atoms with E-state index in [0.29, 0.717) is 10.3 Å². The van der Waals surface area contributed by atoms with Gasteiger partial charge in [-0.25, -0.2) is 15.3 Å². The molecule has 0 saturated carbocycles. The Hall–Kier alpha value is -2.25. The Bertz CT molecular complexity index is 853. The van der Waals surface area contributed by atoms with Crippen molar-refractivity contribution >= 4 is 44.5 Å². The predicted octanol–water partition coefficient (Wildman–Crippen LogP) is 4.41. The lowest BCUT2D eigenvalue weighted by Crippen LogP contribution is -2.04. The molecule has 5 nitrogen and oxygen atoms in total. The topological polar surface area (TPSA) is 69.0 Å². The molecular formula is C16H15N4OS2. The maximum absolute atomic E-state index is 11.1. The molecule has 0 aliphatic carbocycles. The summed E-state index contributed by atoms with van der Waals surface area (Å²) in [5.74, 6) is -0.126. The molecule has 0 aliphatic heterocycles.